The summed E-state index contributed by atoms with van der Waals surface area (Å²) in [4.78, 5) is 9.91. The standard InChI is InChI=1S/C6H7BNO/c1-6-2-3-8(4-6)7-5-9/h2-5H,1H3. The number of aromatic nitrogens is 1. The lowest BCUT2D eigenvalue weighted by atomic mass is 9.99. The van der Waals surface area contributed by atoms with Crippen LogP contribution in [0, 0.1) is 6.92 Å². The fourth-order valence-corrected chi connectivity index (χ4v) is 0.688. The van der Waals surface area contributed by atoms with Gasteiger partial charge in [0.2, 0.25) is 0 Å². The molecule has 0 saturated heterocycles. The molecule has 3 heteroatoms. The van der Waals surface area contributed by atoms with Gasteiger partial charge in [-0.05, 0) is 30.9 Å². The summed E-state index contributed by atoms with van der Waals surface area (Å²) in [6.07, 6.45) is 4.48. The van der Waals surface area contributed by atoms with Crippen molar-refractivity contribution >= 4 is 13.6 Å². The normalized spacial score (nSPS) is 9.00. The van der Waals surface area contributed by atoms with Gasteiger partial charge in [0, 0.05) is 0 Å². The number of carbonyl (C=O) groups excluding carboxylic acids is 1. The van der Waals surface area contributed by atoms with E-state index in [0.29, 0.717) is 0 Å². The van der Waals surface area contributed by atoms with Crippen molar-refractivity contribution < 1.29 is 4.79 Å². The Morgan fingerprint density at radius 2 is 2.56 bits per heavy atom. The number of rotatable bonds is 2. The zero-order valence-corrected chi connectivity index (χ0v) is 5.24. The molecule has 1 aromatic rings. The average Bonchev–Trinajstić information content (AvgIpc) is 2.17. The Balaban J connectivity index is 2.72. The monoisotopic (exact) mass is 120 g/mol. The molecule has 1 radical (unpaired) electrons. The largest absolute Gasteiger partial charge is 0.395 e. The molecule has 0 unspecified atom stereocenters. The third-order valence-electron chi connectivity index (χ3n) is 1.10. The predicted octanol–water partition coefficient (Wildman–Crippen LogP) is 0.454. The first kappa shape index (κ1) is 6.14. The third kappa shape index (κ3) is 1.45. The SMILES string of the molecule is Cc1ccn([B]C=O)c1. The molecule has 0 bridgehead atoms. The van der Waals surface area contributed by atoms with E-state index in [2.05, 4.69) is 0 Å². The van der Waals surface area contributed by atoms with Gasteiger partial charge < -0.3 is 9.27 Å². The van der Waals surface area contributed by atoms with Crippen molar-refractivity contribution in [3.63, 3.8) is 0 Å². The van der Waals surface area contributed by atoms with Crippen LogP contribution in [0.15, 0.2) is 18.5 Å². The van der Waals surface area contributed by atoms with Crippen LogP contribution in [-0.4, -0.2) is 18.1 Å². The van der Waals surface area contributed by atoms with Crippen LogP contribution >= 0.6 is 0 Å². The highest BCUT2D eigenvalue weighted by molar-refractivity contribution is 6.65. The summed E-state index contributed by atoms with van der Waals surface area (Å²) in [5.74, 6) is 0. The van der Waals surface area contributed by atoms with Crippen LogP contribution in [0.1, 0.15) is 5.56 Å². The van der Waals surface area contributed by atoms with E-state index in [4.69, 9.17) is 0 Å². The van der Waals surface area contributed by atoms with E-state index in [1.54, 1.807) is 4.48 Å². The molecule has 0 fully saturated rings. The Hall–Kier alpha value is -0.985. The first-order chi connectivity index (χ1) is 4.33. The fourth-order valence-electron chi connectivity index (χ4n) is 0.688. The molecular formula is C6H7BNO. The van der Waals surface area contributed by atoms with E-state index in [-0.39, 0.29) is 0 Å². The Morgan fingerprint density at radius 1 is 1.78 bits per heavy atom. The molecule has 0 saturated carbocycles. The van der Waals surface area contributed by atoms with Crippen molar-refractivity contribution in [2.75, 3.05) is 0 Å². The minimum Gasteiger partial charge on any atom is -0.395 e. The maximum atomic E-state index is 9.91. The highest BCUT2D eigenvalue weighted by atomic mass is 16.1. The summed E-state index contributed by atoms with van der Waals surface area (Å²) in [6.45, 7) is 1.98. The van der Waals surface area contributed by atoms with Crippen molar-refractivity contribution in [1.29, 1.82) is 0 Å². The number of hydrogen-bond donors (Lipinski definition) is 0. The Bertz CT molecular complexity index is 207. The van der Waals surface area contributed by atoms with E-state index < -0.39 is 0 Å². The molecule has 0 aromatic carbocycles. The van der Waals surface area contributed by atoms with Gasteiger partial charge in [0.1, 0.15) is 6.19 Å². The van der Waals surface area contributed by atoms with Gasteiger partial charge >= 0.3 is 7.41 Å². The smallest absolute Gasteiger partial charge is 0.332 e. The molecule has 0 N–H and O–H groups in total. The Labute approximate surface area is 54.8 Å². The molecule has 0 amide bonds. The first-order valence-electron chi connectivity index (χ1n) is 2.75. The van der Waals surface area contributed by atoms with E-state index in [0.717, 1.165) is 11.7 Å². The van der Waals surface area contributed by atoms with Crippen LogP contribution in [0.2, 0.25) is 0 Å². The predicted molar refractivity (Wildman–Crippen MR) is 37.1 cm³/mol. The maximum absolute atomic E-state index is 9.91. The van der Waals surface area contributed by atoms with E-state index in [9.17, 15) is 4.79 Å². The molecule has 0 aliphatic rings. The van der Waals surface area contributed by atoms with Crippen LogP contribution in [0.3, 0.4) is 0 Å². The maximum Gasteiger partial charge on any atom is 0.332 e. The van der Waals surface area contributed by atoms with Crippen LogP contribution < -0.4 is 0 Å². The van der Waals surface area contributed by atoms with Crippen molar-refractivity contribution in [1.82, 2.24) is 4.48 Å². The van der Waals surface area contributed by atoms with Gasteiger partial charge in [0.25, 0.3) is 0 Å². The van der Waals surface area contributed by atoms with Gasteiger partial charge in [-0.3, -0.25) is 0 Å². The summed E-state index contributed by atoms with van der Waals surface area (Å²) in [7, 11) is 1.47. The van der Waals surface area contributed by atoms with Crippen LogP contribution in [-0.2, 0) is 4.79 Å². The molecule has 45 valence electrons. The molecule has 0 atom stereocenters. The zero-order valence-electron chi connectivity index (χ0n) is 5.24. The van der Waals surface area contributed by atoms with E-state index in [1.807, 2.05) is 25.4 Å². The van der Waals surface area contributed by atoms with Gasteiger partial charge in [-0.1, -0.05) is 0 Å². The molecule has 0 spiro atoms. The summed E-state index contributed by atoms with van der Waals surface area (Å²) in [5.41, 5.74) is 1.16. The number of carbonyl (C=O) groups is 1. The molecule has 0 aliphatic carbocycles. The topological polar surface area (TPSA) is 22.0 Å². The minimum absolute atomic E-state index is 0.763. The van der Waals surface area contributed by atoms with Crippen molar-refractivity contribution in [3.05, 3.63) is 24.0 Å². The highest BCUT2D eigenvalue weighted by Crippen LogP contribution is 1.94. The van der Waals surface area contributed by atoms with Gasteiger partial charge in [-0.25, -0.2) is 0 Å². The second kappa shape index (κ2) is 2.53. The average molecular weight is 120 g/mol. The van der Waals surface area contributed by atoms with Crippen molar-refractivity contribution in [2.24, 2.45) is 0 Å². The fraction of sp³-hybridized carbons (Fsp3) is 0.167. The molecule has 1 heterocycles. The van der Waals surface area contributed by atoms with Crippen molar-refractivity contribution in [3.8, 4) is 0 Å². The molecule has 1 rings (SSSR count). The van der Waals surface area contributed by atoms with Crippen LogP contribution in [0.25, 0.3) is 0 Å². The number of nitrogens with zero attached hydrogens (tertiary/aromatic N) is 1. The second-order valence-corrected chi connectivity index (χ2v) is 1.92. The minimum atomic E-state index is 0.763. The van der Waals surface area contributed by atoms with Crippen LogP contribution in [0.5, 0.6) is 0 Å². The van der Waals surface area contributed by atoms with Gasteiger partial charge in [-0.2, -0.15) is 0 Å². The van der Waals surface area contributed by atoms with Crippen LogP contribution in [0.4, 0.5) is 0 Å². The van der Waals surface area contributed by atoms with E-state index in [1.165, 1.54) is 7.41 Å². The molecular weight excluding hydrogens is 113 g/mol. The highest BCUT2D eigenvalue weighted by Gasteiger charge is 1.90. The van der Waals surface area contributed by atoms with E-state index >= 15 is 0 Å². The molecule has 1 aromatic heterocycles. The zero-order chi connectivity index (χ0) is 6.69. The van der Waals surface area contributed by atoms with Crippen molar-refractivity contribution in [2.45, 2.75) is 6.92 Å². The number of aryl methyl sites for hydroxylation is 1. The first-order valence-corrected chi connectivity index (χ1v) is 2.75. The summed E-state index contributed by atoms with van der Waals surface area (Å²) < 4.78 is 1.72. The Morgan fingerprint density at radius 3 is 3.00 bits per heavy atom. The van der Waals surface area contributed by atoms with Gasteiger partial charge in [0.05, 0.1) is 0 Å². The lowest BCUT2D eigenvalue weighted by Crippen LogP contribution is -2.03. The van der Waals surface area contributed by atoms with Gasteiger partial charge in [-0.15, -0.1) is 0 Å². The lowest BCUT2D eigenvalue weighted by molar-refractivity contribution is 0.568. The lowest BCUT2D eigenvalue weighted by Gasteiger charge is -1.87. The quantitative estimate of drug-likeness (QED) is 0.410. The van der Waals surface area contributed by atoms with Gasteiger partial charge in [0.15, 0.2) is 0 Å². The molecule has 0 aliphatic heterocycles. The second-order valence-electron chi connectivity index (χ2n) is 1.92. The molecule has 9 heavy (non-hydrogen) atoms. The Kier molecular flexibility index (Phi) is 1.73. The third-order valence-corrected chi connectivity index (χ3v) is 1.10. The molecule has 2 nitrogen and oxygen atoms in total. The summed E-state index contributed by atoms with van der Waals surface area (Å²) in [5, 5.41) is 0. The number of hydrogen-bond acceptors (Lipinski definition) is 1. The summed E-state index contributed by atoms with van der Waals surface area (Å²) >= 11 is 0. The summed E-state index contributed by atoms with van der Waals surface area (Å²) in [6, 6.07) is 1.94.